The van der Waals surface area contributed by atoms with E-state index in [4.69, 9.17) is 16.3 Å². The number of esters is 1. The number of thiazole rings is 1. The third kappa shape index (κ3) is 4.78. The Bertz CT molecular complexity index is 922. The number of carbonyl (C=O) groups is 2. The van der Waals surface area contributed by atoms with Crippen molar-refractivity contribution < 1.29 is 14.3 Å². The smallest absolute Gasteiger partial charge is 0.310 e. The van der Waals surface area contributed by atoms with E-state index in [2.05, 4.69) is 10.3 Å². The van der Waals surface area contributed by atoms with Crippen LogP contribution in [-0.4, -0.2) is 23.5 Å². The van der Waals surface area contributed by atoms with Gasteiger partial charge >= 0.3 is 5.97 Å². The van der Waals surface area contributed by atoms with Crippen molar-refractivity contribution in [1.29, 1.82) is 0 Å². The van der Waals surface area contributed by atoms with Crippen LogP contribution in [0.25, 0.3) is 10.2 Å². The maximum absolute atomic E-state index is 11.9. The number of carbonyl (C=O) groups excluding carboxylic acids is 2. The summed E-state index contributed by atoms with van der Waals surface area (Å²) in [5, 5.41) is 3.74. The van der Waals surface area contributed by atoms with Crippen LogP contribution < -0.4 is 5.32 Å². The van der Waals surface area contributed by atoms with Crippen LogP contribution in [0.4, 0.5) is 5.13 Å². The molecule has 1 heterocycles. The number of halogens is 1. The van der Waals surface area contributed by atoms with E-state index in [0.717, 1.165) is 21.3 Å². The molecule has 0 spiro atoms. The molecule has 3 aromatic rings. The minimum absolute atomic E-state index is 0.0882. The molecule has 2 aromatic carbocycles. The summed E-state index contributed by atoms with van der Waals surface area (Å²) in [5.74, 6) is -0.891. The lowest BCUT2D eigenvalue weighted by molar-refractivity contribution is -0.146. The first-order valence-electron chi connectivity index (χ1n) is 7.57. The second kappa shape index (κ2) is 7.63. The van der Waals surface area contributed by atoms with Crippen LogP contribution in [0, 0.1) is 6.92 Å². The number of amides is 1. The Kier molecular flexibility index (Phi) is 5.31. The highest BCUT2D eigenvalue weighted by atomic mass is 35.5. The van der Waals surface area contributed by atoms with Crippen LogP contribution in [0.5, 0.6) is 0 Å². The largest absolute Gasteiger partial charge is 0.455 e. The van der Waals surface area contributed by atoms with Crippen LogP contribution >= 0.6 is 22.9 Å². The number of ether oxygens (including phenoxy) is 1. The molecular weight excluding hydrogens is 360 g/mol. The van der Waals surface area contributed by atoms with Gasteiger partial charge in [0.05, 0.1) is 16.6 Å². The molecular formula is C18H15ClN2O3S. The summed E-state index contributed by atoms with van der Waals surface area (Å²) in [7, 11) is 0. The minimum Gasteiger partial charge on any atom is -0.455 e. The molecule has 128 valence electrons. The first-order valence-corrected chi connectivity index (χ1v) is 8.76. The highest BCUT2D eigenvalue weighted by molar-refractivity contribution is 7.22. The van der Waals surface area contributed by atoms with Gasteiger partial charge in [-0.15, -0.1) is 0 Å². The van der Waals surface area contributed by atoms with Crippen LogP contribution in [0.2, 0.25) is 5.02 Å². The van der Waals surface area contributed by atoms with Gasteiger partial charge in [0.15, 0.2) is 11.7 Å². The summed E-state index contributed by atoms with van der Waals surface area (Å²) in [4.78, 5) is 28.0. The average molecular weight is 375 g/mol. The van der Waals surface area contributed by atoms with E-state index in [1.807, 2.05) is 25.1 Å². The van der Waals surface area contributed by atoms with E-state index in [9.17, 15) is 9.59 Å². The van der Waals surface area contributed by atoms with E-state index in [0.29, 0.717) is 10.2 Å². The predicted molar refractivity (Wildman–Crippen MR) is 99.1 cm³/mol. The van der Waals surface area contributed by atoms with Crippen LogP contribution in [-0.2, 0) is 20.7 Å². The van der Waals surface area contributed by atoms with E-state index >= 15 is 0 Å². The number of rotatable bonds is 5. The maximum Gasteiger partial charge on any atom is 0.310 e. The van der Waals surface area contributed by atoms with Crippen molar-refractivity contribution in [2.24, 2.45) is 0 Å². The zero-order valence-electron chi connectivity index (χ0n) is 13.4. The van der Waals surface area contributed by atoms with Gasteiger partial charge in [-0.3, -0.25) is 14.9 Å². The molecule has 0 aliphatic heterocycles. The number of nitrogens with zero attached hydrogens (tertiary/aromatic N) is 1. The Morgan fingerprint density at radius 1 is 1.20 bits per heavy atom. The minimum atomic E-state index is -0.475. The highest BCUT2D eigenvalue weighted by Crippen LogP contribution is 2.26. The van der Waals surface area contributed by atoms with Crippen LogP contribution in [0.15, 0.2) is 42.5 Å². The van der Waals surface area contributed by atoms with Crippen molar-refractivity contribution in [2.75, 3.05) is 11.9 Å². The fourth-order valence-electron chi connectivity index (χ4n) is 2.21. The first-order chi connectivity index (χ1) is 12.0. The maximum atomic E-state index is 11.9. The molecule has 0 saturated heterocycles. The van der Waals surface area contributed by atoms with Crippen molar-refractivity contribution in [3.8, 4) is 0 Å². The number of anilines is 1. The van der Waals surface area contributed by atoms with Gasteiger partial charge in [0.2, 0.25) is 0 Å². The number of benzene rings is 2. The van der Waals surface area contributed by atoms with Gasteiger partial charge in [-0.2, -0.15) is 0 Å². The van der Waals surface area contributed by atoms with E-state index in [1.165, 1.54) is 11.3 Å². The van der Waals surface area contributed by atoms with Gasteiger partial charge in [-0.05, 0) is 42.3 Å². The molecule has 25 heavy (non-hydrogen) atoms. The summed E-state index contributed by atoms with van der Waals surface area (Å²) in [6.45, 7) is 1.65. The van der Waals surface area contributed by atoms with Gasteiger partial charge in [0.1, 0.15) is 0 Å². The average Bonchev–Trinajstić information content (AvgIpc) is 2.96. The predicted octanol–water partition coefficient (Wildman–Crippen LogP) is 3.98. The lowest BCUT2D eigenvalue weighted by Gasteiger charge is -2.05. The summed E-state index contributed by atoms with van der Waals surface area (Å²) in [6, 6.07) is 12.8. The number of hydrogen-bond acceptors (Lipinski definition) is 5. The third-order valence-corrected chi connectivity index (χ3v) is 4.60. The first kappa shape index (κ1) is 17.4. The summed E-state index contributed by atoms with van der Waals surface area (Å²) in [6.07, 6.45) is 0.0882. The molecule has 7 heteroatoms. The Labute approximate surface area is 153 Å². The van der Waals surface area contributed by atoms with Gasteiger partial charge in [0, 0.05) is 5.02 Å². The van der Waals surface area contributed by atoms with Crippen LogP contribution in [0.1, 0.15) is 11.1 Å². The molecule has 5 nitrogen and oxygen atoms in total. The normalized spacial score (nSPS) is 10.6. The topological polar surface area (TPSA) is 68.3 Å². The molecule has 0 bridgehead atoms. The molecule has 1 N–H and O–H groups in total. The van der Waals surface area contributed by atoms with E-state index in [-0.39, 0.29) is 13.0 Å². The second-order valence-electron chi connectivity index (χ2n) is 5.50. The SMILES string of the molecule is Cc1ccc2nc(NC(=O)COC(=O)Cc3ccc(Cl)cc3)sc2c1. The van der Waals surface area contributed by atoms with Crippen molar-refractivity contribution in [3.63, 3.8) is 0 Å². The quantitative estimate of drug-likeness (QED) is 0.686. The molecule has 0 unspecified atom stereocenters. The molecule has 0 fully saturated rings. The standard InChI is InChI=1S/C18H15ClN2O3S/c1-11-2-7-14-15(8-11)25-18(20-14)21-16(22)10-24-17(23)9-12-3-5-13(19)6-4-12/h2-8H,9-10H2,1H3,(H,20,21,22). The zero-order valence-corrected chi connectivity index (χ0v) is 15.0. The van der Waals surface area contributed by atoms with Gasteiger partial charge < -0.3 is 4.74 Å². The lowest BCUT2D eigenvalue weighted by Crippen LogP contribution is -2.21. The van der Waals surface area contributed by atoms with Crippen molar-refractivity contribution in [1.82, 2.24) is 4.98 Å². The van der Waals surface area contributed by atoms with E-state index < -0.39 is 11.9 Å². The molecule has 3 rings (SSSR count). The molecule has 0 atom stereocenters. The van der Waals surface area contributed by atoms with E-state index in [1.54, 1.807) is 24.3 Å². The Morgan fingerprint density at radius 2 is 1.96 bits per heavy atom. The number of fused-ring (bicyclic) bond motifs is 1. The Balaban J connectivity index is 1.51. The zero-order chi connectivity index (χ0) is 17.8. The summed E-state index contributed by atoms with van der Waals surface area (Å²) >= 11 is 7.17. The molecule has 0 aliphatic carbocycles. The number of aryl methyl sites for hydroxylation is 1. The van der Waals surface area contributed by atoms with Crippen molar-refractivity contribution in [3.05, 3.63) is 58.6 Å². The summed E-state index contributed by atoms with van der Waals surface area (Å²) < 4.78 is 5.99. The lowest BCUT2D eigenvalue weighted by atomic mass is 10.1. The third-order valence-electron chi connectivity index (χ3n) is 3.42. The number of aromatic nitrogens is 1. The van der Waals surface area contributed by atoms with Gasteiger partial charge in [-0.1, -0.05) is 41.1 Å². The fraction of sp³-hybridized carbons (Fsp3) is 0.167. The molecule has 0 radical (unpaired) electrons. The molecule has 0 saturated carbocycles. The molecule has 1 aromatic heterocycles. The number of nitrogens with one attached hydrogen (secondary N) is 1. The Morgan fingerprint density at radius 3 is 2.72 bits per heavy atom. The number of hydrogen-bond donors (Lipinski definition) is 1. The van der Waals surface area contributed by atoms with Crippen molar-refractivity contribution >= 4 is 50.2 Å². The second-order valence-corrected chi connectivity index (χ2v) is 6.97. The van der Waals surface area contributed by atoms with Gasteiger partial charge in [0.25, 0.3) is 5.91 Å². The molecule has 0 aliphatic rings. The van der Waals surface area contributed by atoms with Crippen LogP contribution in [0.3, 0.4) is 0 Å². The monoisotopic (exact) mass is 374 g/mol. The molecule has 1 amide bonds. The van der Waals surface area contributed by atoms with Crippen molar-refractivity contribution in [2.45, 2.75) is 13.3 Å². The van der Waals surface area contributed by atoms with Gasteiger partial charge in [-0.25, -0.2) is 4.98 Å². The Hall–Kier alpha value is -2.44. The fourth-order valence-corrected chi connectivity index (χ4v) is 3.31. The highest BCUT2D eigenvalue weighted by Gasteiger charge is 2.11. The summed E-state index contributed by atoms with van der Waals surface area (Å²) in [5.41, 5.74) is 2.73.